The third kappa shape index (κ3) is 3.16. The first kappa shape index (κ1) is 13.9. The largest absolute Gasteiger partial charge is 0.534 e. The summed E-state index contributed by atoms with van der Waals surface area (Å²) >= 11 is 5.50. The van der Waals surface area contributed by atoms with E-state index < -0.39 is 21.4 Å². The lowest BCUT2D eigenvalue weighted by molar-refractivity contribution is -0.0500. The smallest absolute Gasteiger partial charge is 0.497 e. The second-order valence-corrected chi connectivity index (χ2v) is 4.72. The molecule has 1 aromatic rings. The fourth-order valence-electron chi connectivity index (χ4n) is 0.840. The Morgan fingerprint density at radius 2 is 1.88 bits per heavy atom. The van der Waals surface area contributed by atoms with Gasteiger partial charge in [-0.25, -0.2) is 0 Å². The molecule has 17 heavy (non-hydrogen) atoms. The van der Waals surface area contributed by atoms with E-state index >= 15 is 0 Å². The summed E-state index contributed by atoms with van der Waals surface area (Å²) in [6.45, 7) is 0. The molecule has 0 unspecified atom stereocenters. The van der Waals surface area contributed by atoms with E-state index in [-0.39, 0.29) is 10.8 Å². The Balaban J connectivity index is 3.12. The number of hydrogen-bond acceptors (Lipinski definition) is 4. The molecule has 0 N–H and O–H groups in total. The van der Waals surface area contributed by atoms with E-state index in [1.54, 1.807) is 0 Å². The van der Waals surface area contributed by atoms with Crippen LogP contribution in [0, 0.1) is 0 Å². The first-order valence-corrected chi connectivity index (χ1v) is 5.80. The van der Waals surface area contributed by atoms with Crippen molar-refractivity contribution in [1.29, 1.82) is 0 Å². The molecule has 0 heterocycles. The van der Waals surface area contributed by atoms with Gasteiger partial charge in [0.1, 0.15) is 5.75 Å². The third-order valence-corrected chi connectivity index (χ3v) is 2.90. The second-order valence-electron chi connectivity index (χ2n) is 2.78. The minimum absolute atomic E-state index is 0.113. The second kappa shape index (κ2) is 4.61. The van der Waals surface area contributed by atoms with E-state index in [0.717, 1.165) is 12.1 Å². The zero-order valence-corrected chi connectivity index (χ0v) is 9.86. The van der Waals surface area contributed by atoms with Crippen molar-refractivity contribution >= 4 is 21.7 Å². The van der Waals surface area contributed by atoms with Crippen molar-refractivity contribution in [3.63, 3.8) is 0 Å². The summed E-state index contributed by atoms with van der Waals surface area (Å²) in [5.41, 5.74) is -5.51. The van der Waals surface area contributed by atoms with Crippen molar-refractivity contribution in [2.75, 3.05) is 7.11 Å². The summed E-state index contributed by atoms with van der Waals surface area (Å²) in [6, 6.07) is 3.43. The van der Waals surface area contributed by atoms with Gasteiger partial charge in [0.2, 0.25) is 0 Å². The highest BCUT2D eigenvalue weighted by Crippen LogP contribution is 2.33. The lowest BCUT2D eigenvalue weighted by Gasteiger charge is -2.11. The lowest BCUT2D eigenvalue weighted by atomic mass is 10.3. The van der Waals surface area contributed by atoms with Gasteiger partial charge in [-0.15, -0.1) is 0 Å². The maximum atomic E-state index is 12.0. The molecule has 0 aliphatic heterocycles. The third-order valence-electron chi connectivity index (χ3n) is 1.62. The van der Waals surface area contributed by atoms with Crippen molar-refractivity contribution < 1.29 is 30.5 Å². The number of hydrogen-bond donors (Lipinski definition) is 0. The number of benzene rings is 1. The zero-order valence-electron chi connectivity index (χ0n) is 8.29. The highest BCUT2D eigenvalue weighted by Gasteiger charge is 2.48. The van der Waals surface area contributed by atoms with Crippen LogP contribution in [0.2, 0.25) is 5.02 Å². The molecule has 0 fully saturated rings. The number of methoxy groups -OCH3 is 1. The van der Waals surface area contributed by atoms with E-state index in [1.807, 2.05) is 0 Å². The Morgan fingerprint density at radius 3 is 2.35 bits per heavy atom. The van der Waals surface area contributed by atoms with Gasteiger partial charge in [0, 0.05) is 6.07 Å². The molecule has 0 aliphatic rings. The van der Waals surface area contributed by atoms with Gasteiger partial charge in [-0.2, -0.15) is 21.6 Å². The van der Waals surface area contributed by atoms with Crippen molar-refractivity contribution in [3.05, 3.63) is 23.2 Å². The van der Waals surface area contributed by atoms with Crippen molar-refractivity contribution in [2.24, 2.45) is 0 Å². The molecule has 0 aromatic heterocycles. The summed E-state index contributed by atoms with van der Waals surface area (Å²) in [4.78, 5) is 0. The lowest BCUT2D eigenvalue weighted by Crippen LogP contribution is -2.28. The molecule has 0 atom stereocenters. The summed E-state index contributed by atoms with van der Waals surface area (Å²) in [5.74, 6) is -0.537. The molecule has 0 radical (unpaired) electrons. The molecule has 0 amide bonds. The predicted molar refractivity (Wildman–Crippen MR) is 53.6 cm³/mol. The van der Waals surface area contributed by atoms with E-state index in [0.29, 0.717) is 0 Å². The van der Waals surface area contributed by atoms with Crippen LogP contribution >= 0.6 is 11.6 Å². The van der Waals surface area contributed by atoms with Crippen LogP contribution < -0.4 is 8.92 Å². The van der Waals surface area contributed by atoms with E-state index in [2.05, 4.69) is 4.18 Å². The van der Waals surface area contributed by atoms with Crippen LogP contribution in [-0.4, -0.2) is 21.0 Å². The van der Waals surface area contributed by atoms with Gasteiger partial charge in [-0.1, -0.05) is 11.6 Å². The Labute approximate surface area is 100 Å². The van der Waals surface area contributed by atoms with Gasteiger partial charge < -0.3 is 8.92 Å². The number of ether oxygens (including phenoxy) is 1. The Kier molecular flexibility index (Phi) is 3.78. The average Bonchev–Trinajstić information content (AvgIpc) is 2.19. The van der Waals surface area contributed by atoms with Crippen molar-refractivity contribution in [2.45, 2.75) is 5.51 Å². The molecule has 0 spiro atoms. The predicted octanol–water partition coefficient (Wildman–Crippen LogP) is 2.58. The molecule has 0 bridgehead atoms. The summed E-state index contributed by atoms with van der Waals surface area (Å²) in [5, 5.41) is -0.279. The van der Waals surface area contributed by atoms with Crippen LogP contribution in [0.15, 0.2) is 18.2 Å². The SMILES string of the molecule is COc1ccc(Cl)c(OS(=O)(=O)C(F)(F)F)c1. The van der Waals surface area contributed by atoms with Gasteiger partial charge >= 0.3 is 15.6 Å². The van der Waals surface area contributed by atoms with Gasteiger partial charge in [0.05, 0.1) is 12.1 Å². The van der Waals surface area contributed by atoms with Gasteiger partial charge in [-0.05, 0) is 12.1 Å². The molecule has 4 nitrogen and oxygen atoms in total. The number of halogens is 4. The summed E-state index contributed by atoms with van der Waals surface area (Å²) in [6.07, 6.45) is 0. The van der Waals surface area contributed by atoms with Crippen LogP contribution in [0.25, 0.3) is 0 Å². The molecule has 96 valence electrons. The van der Waals surface area contributed by atoms with Crippen LogP contribution in [0.4, 0.5) is 13.2 Å². The Bertz CT molecular complexity index is 512. The number of alkyl halides is 3. The average molecular weight is 291 g/mol. The summed E-state index contributed by atoms with van der Waals surface area (Å²) < 4.78 is 66.2. The molecule has 9 heteroatoms. The minimum atomic E-state index is -5.74. The fourth-order valence-corrected chi connectivity index (χ4v) is 1.51. The Hall–Kier alpha value is -1.15. The van der Waals surface area contributed by atoms with E-state index in [1.165, 1.54) is 13.2 Å². The molecular formula is C8H6ClF3O4S. The molecule has 1 aromatic carbocycles. The topological polar surface area (TPSA) is 52.6 Å². The quantitative estimate of drug-likeness (QED) is 0.634. The monoisotopic (exact) mass is 290 g/mol. The van der Waals surface area contributed by atoms with Gasteiger partial charge in [0.15, 0.2) is 5.75 Å². The highest BCUT2D eigenvalue weighted by atomic mass is 35.5. The maximum Gasteiger partial charge on any atom is 0.534 e. The molecule has 0 aliphatic carbocycles. The highest BCUT2D eigenvalue weighted by molar-refractivity contribution is 7.88. The van der Waals surface area contributed by atoms with Crippen LogP contribution in [0.1, 0.15) is 0 Å². The minimum Gasteiger partial charge on any atom is -0.497 e. The van der Waals surface area contributed by atoms with Crippen LogP contribution in [-0.2, 0) is 10.1 Å². The normalized spacial score (nSPS) is 12.3. The van der Waals surface area contributed by atoms with Crippen LogP contribution in [0.5, 0.6) is 11.5 Å². The fraction of sp³-hybridized carbons (Fsp3) is 0.250. The molecule has 0 saturated heterocycles. The van der Waals surface area contributed by atoms with Crippen molar-refractivity contribution in [3.8, 4) is 11.5 Å². The zero-order chi connectivity index (χ0) is 13.3. The van der Waals surface area contributed by atoms with Crippen LogP contribution in [0.3, 0.4) is 0 Å². The standard InChI is InChI=1S/C8H6ClF3O4S/c1-15-5-2-3-6(9)7(4-5)16-17(13,14)8(10,11)12/h2-4H,1H3. The van der Waals surface area contributed by atoms with Crippen molar-refractivity contribution in [1.82, 2.24) is 0 Å². The first-order valence-electron chi connectivity index (χ1n) is 4.01. The summed E-state index contributed by atoms with van der Waals surface area (Å²) in [7, 11) is -4.48. The molecule has 0 saturated carbocycles. The maximum absolute atomic E-state index is 12.0. The van der Waals surface area contributed by atoms with Gasteiger partial charge in [0.25, 0.3) is 0 Å². The number of rotatable bonds is 3. The Morgan fingerprint density at radius 1 is 1.29 bits per heavy atom. The van der Waals surface area contributed by atoms with Gasteiger partial charge in [-0.3, -0.25) is 0 Å². The van der Waals surface area contributed by atoms with E-state index in [9.17, 15) is 21.6 Å². The molecule has 1 rings (SSSR count). The molecular weight excluding hydrogens is 285 g/mol. The first-order chi connectivity index (χ1) is 7.67. The van der Waals surface area contributed by atoms with E-state index in [4.69, 9.17) is 16.3 Å².